The van der Waals surface area contributed by atoms with Crippen LogP contribution in [-0.4, -0.2) is 5.78 Å². The van der Waals surface area contributed by atoms with Gasteiger partial charge < -0.3 is 4.90 Å². The first-order valence-electron chi connectivity index (χ1n) is 13.0. The Bertz CT molecular complexity index is 1400. The Balaban J connectivity index is 1.38. The average Bonchev–Trinajstić information content (AvgIpc) is 2.98. The summed E-state index contributed by atoms with van der Waals surface area (Å²) < 4.78 is 0. The zero-order valence-electron chi connectivity index (χ0n) is 21.2. The quantitative estimate of drug-likeness (QED) is 0.195. The predicted molar refractivity (Wildman–Crippen MR) is 156 cm³/mol. The van der Waals surface area contributed by atoms with Gasteiger partial charge in [-0.05, 0) is 71.1 Å². The molecule has 0 aromatic heterocycles. The lowest BCUT2D eigenvalue weighted by Crippen LogP contribution is -2.09. The largest absolute Gasteiger partial charge is 0.311 e. The Labute approximate surface area is 219 Å². The van der Waals surface area contributed by atoms with Gasteiger partial charge >= 0.3 is 0 Å². The maximum atomic E-state index is 12.5. The second-order valence-corrected chi connectivity index (χ2v) is 9.24. The molecule has 0 radical (unpaired) electrons. The minimum absolute atomic E-state index is 0.223. The number of carbonyl (C=O) groups excluding carboxylic acids is 1. The van der Waals surface area contributed by atoms with Gasteiger partial charge in [0, 0.05) is 29.0 Å². The van der Waals surface area contributed by atoms with Gasteiger partial charge in [-0.3, -0.25) is 4.79 Å². The van der Waals surface area contributed by atoms with Crippen LogP contribution in [0.25, 0.3) is 22.3 Å². The smallest absolute Gasteiger partial charge is 0.162 e. The molecular formula is C35H31NO. The van der Waals surface area contributed by atoms with E-state index in [-0.39, 0.29) is 5.78 Å². The molecule has 0 amide bonds. The molecule has 37 heavy (non-hydrogen) atoms. The number of para-hydroxylation sites is 2. The fourth-order valence-corrected chi connectivity index (χ4v) is 4.61. The summed E-state index contributed by atoms with van der Waals surface area (Å²) in [6.45, 7) is 2.11. The summed E-state index contributed by atoms with van der Waals surface area (Å²) >= 11 is 0. The Morgan fingerprint density at radius 3 is 1.57 bits per heavy atom. The molecule has 0 aliphatic heterocycles. The van der Waals surface area contributed by atoms with Gasteiger partial charge in [0.15, 0.2) is 5.78 Å². The Hall–Kier alpha value is -4.43. The Morgan fingerprint density at radius 2 is 1.03 bits per heavy atom. The van der Waals surface area contributed by atoms with Gasteiger partial charge in [0.05, 0.1) is 0 Å². The first-order chi connectivity index (χ1) is 18.2. The van der Waals surface area contributed by atoms with Crippen LogP contribution in [0.2, 0.25) is 0 Å². The number of anilines is 3. The summed E-state index contributed by atoms with van der Waals surface area (Å²) in [5.74, 6) is 0.223. The van der Waals surface area contributed by atoms with Crippen molar-refractivity contribution in [1.29, 1.82) is 0 Å². The number of Topliss-reactive ketones (excluding diaryl/α,β-unsaturated/α-hetero) is 1. The number of carbonyl (C=O) groups is 1. The standard InChI is InChI=1S/C35H31NO/c1-2-3-17-35(37)31-12-10-11-30(26-31)29-20-18-27(19-21-29)28-22-24-34(25-23-28)36(32-13-6-4-7-14-32)33-15-8-5-9-16-33/h4-16,18-26H,2-3,17H2,1H3. The van der Waals surface area contributed by atoms with Crippen LogP contribution >= 0.6 is 0 Å². The lowest BCUT2D eigenvalue weighted by atomic mass is 9.97. The van der Waals surface area contributed by atoms with E-state index in [2.05, 4.69) is 115 Å². The Kier molecular flexibility index (Phi) is 7.57. The van der Waals surface area contributed by atoms with E-state index >= 15 is 0 Å². The van der Waals surface area contributed by atoms with E-state index in [1.54, 1.807) is 0 Å². The maximum absolute atomic E-state index is 12.5. The van der Waals surface area contributed by atoms with Gasteiger partial charge in [0.2, 0.25) is 0 Å². The zero-order chi connectivity index (χ0) is 25.5. The highest BCUT2D eigenvalue weighted by Crippen LogP contribution is 2.35. The van der Waals surface area contributed by atoms with E-state index in [1.165, 1.54) is 5.56 Å². The van der Waals surface area contributed by atoms with Crippen LogP contribution in [-0.2, 0) is 0 Å². The highest BCUT2D eigenvalue weighted by Gasteiger charge is 2.12. The molecule has 0 atom stereocenters. The number of benzene rings is 5. The molecule has 182 valence electrons. The van der Waals surface area contributed by atoms with Gasteiger partial charge in [-0.1, -0.05) is 104 Å². The van der Waals surface area contributed by atoms with E-state index in [1.807, 2.05) is 30.3 Å². The number of unbranched alkanes of at least 4 members (excludes halogenated alkanes) is 1. The molecule has 2 heteroatoms. The van der Waals surface area contributed by atoms with Crippen molar-refractivity contribution in [3.63, 3.8) is 0 Å². The Morgan fingerprint density at radius 1 is 0.541 bits per heavy atom. The monoisotopic (exact) mass is 481 g/mol. The van der Waals surface area contributed by atoms with Crippen molar-refractivity contribution in [3.8, 4) is 22.3 Å². The third-order valence-corrected chi connectivity index (χ3v) is 6.65. The third-order valence-electron chi connectivity index (χ3n) is 6.65. The van der Waals surface area contributed by atoms with Crippen LogP contribution < -0.4 is 4.90 Å². The summed E-state index contributed by atoms with van der Waals surface area (Å²) in [6.07, 6.45) is 2.58. The molecule has 2 nitrogen and oxygen atoms in total. The van der Waals surface area contributed by atoms with Crippen molar-refractivity contribution >= 4 is 22.8 Å². The molecule has 0 bridgehead atoms. The molecule has 0 N–H and O–H groups in total. The first-order valence-corrected chi connectivity index (χ1v) is 13.0. The minimum atomic E-state index is 0.223. The molecule has 5 rings (SSSR count). The van der Waals surface area contributed by atoms with E-state index in [0.29, 0.717) is 6.42 Å². The number of nitrogens with zero attached hydrogens (tertiary/aromatic N) is 1. The number of hydrogen-bond donors (Lipinski definition) is 0. The van der Waals surface area contributed by atoms with Crippen molar-refractivity contribution in [2.24, 2.45) is 0 Å². The SMILES string of the molecule is CCCCC(=O)c1cccc(-c2ccc(-c3ccc(N(c4ccccc4)c4ccccc4)cc3)cc2)c1. The van der Waals surface area contributed by atoms with Crippen LogP contribution in [0.1, 0.15) is 36.5 Å². The highest BCUT2D eigenvalue weighted by atomic mass is 16.1. The normalized spacial score (nSPS) is 10.7. The van der Waals surface area contributed by atoms with E-state index < -0.39 is 0 Å². The van der Waals surface area contributed by atoms with Crippen LogP contribution in [0.5, 0.6) is 0 Å². The summed E-state index contributed by atoms with van der Waals surface area (Å²) in [6, 6.07) is 46.2. The van der Waals surface area contributed by atoms with Gasteiger partial charge in [0.25, 0.3) is 0 Å². The van der Waals surface area contributed by atoms with Crippen LogP contribution in [0.4, 0.5) is 17.1 Å². The topological polar surface area (TPSA) is 20.3 Å². The lowest BCUT2D eigenvalue weighted by Gasteiger charge is -2.25. The lowest BCUT2D eigenvalue weighted by molar-refractivity contribution is 0.0980. The third kappa shape index (κ3) is 5.70. The summed E-state index contributed by atoms with van der Waals surface area (Å²) in [5, 5.41) is 0. The average molecular weight is 482 g/mol. The van der Waals surface area contributed by atoms with Crippen LogP contribution in [0.3, 0.4) is 0 Å². The van der Waals surface area contributed by atoms with Crippen molar-refractivity contribution in [2.45, 2.75) is 26.2 Å². The highest BCUT2D eigenvalue weighted by molar-refractivity contribution is 5.97. The summed E-state index contributed by atoms with van der Waals surface area (Å²) in [7, 11) is 0. The number of rotatable bonds is 9. The van der Waals surface area contributed by atoms with E-state index in [0.717, 1.165) is 52.2 Å². The maximum Gasteiger partial charge on any atom is 0.162 e. The van der Waals surface area contributed by atoms with Crippen molar-refractivity contribution in [3.05, 3.63) is 139 Å². The molecule has 0 heterocycles. The van der Waals surface area contributed by atoms with Crippen LogP contribution in [0.15, 0.2) is 133 Å². The first kappa shape index (κ1) is 24.3. The second kappa shape index (κ2) is 11.5. The second-order valence-electron chi connectivity index (χ2n) is 9.24. The van der Waals surface area contributed by atoms with Crippen molar-refractivity contribution < 1.29 is 4.79 Å². The van der Waals surface area contributed by atoms with Gasteiger partial charge in [0.1, 0.15) is 0 Å². The molecule has 0 saturated carbocycles. The van der Waals surface area contributed by atoms with Crippen molar-refractivity contribution in [2.75, 3.05) is 4.90 Å². The molecule has 5 aromatic rings. The zero-order valence-corrected chi connectivity index (χ0v) is 21.2. The summed E-state index contributed by atoms with van der Waals surface area (Å²) in [4.78, 5) is 14.7. The van der Waals surface area contributed by atoms with Crippen LogP contribution in [0, 0.1) is 0 Å². The van der Waals surface area contributed by atoms with E-state index in [9.17, 15) is 4.79 Å². The molecule has 0 saturated heterocycles. The molecule has 5 aromatic carbocycles. The minimum Gasteiger partial charge on any atom is -0.311 e. The van der Waals surface area contributed by atoms with E-state index in [4.69, 9.17) is 0 Å². The van der Waals surface area contributed by atoms with Gasteiger partial charge in [-0.25, -0.2) is 0 Å². The molecule has 0 spiro atoms. The molecule has 0 aliphatic rings. The predicted octanol–water partition coefficient (Wildman–Crippen LogP) is 9.86. The number of hydrogen-bond acceptors (Lipinski definition) is 2. The van der Waals surface area contributed by atoms with Gasteiger partial charge in [-0.2, -0.15) is 0 Å². The molecule has 0 unspecified atom stereocenters. The fourth-order valence-electron chi connectivity index (χ4n) is 4.61. The summed E-state index contributed by atoms with van der Waals surface area (Å²) in [5.41, 5.74) is 8.68. The van der Waals surface area contributed by atoms with Crippen molar-refractivity contribution in [1.82, 2.24) is 0 Å². The molecular weight excluding hydrogens is 450 g/mol. The molecule has 0 aliphatic carbocycles. The number of ketones is 1. The molecule has 0 fully saturated rings. The fraction of sp³-hybridized carbons (Fsp3) is 0.114. The van der Waals surface area contributed by atoms with Gasteiger partial charge in [-0.15, -0.1) is 0 Å².